The molecule has 0 spiro atoms. The molecule has 0 aromatic carbocycles. The first-order valence-electron chi connectivity index (χ1n) is 6.01. The van der Waals surface area contributed by atoms with Gasteiger partial charge in [-0.1, -0.05) is 0 Å². The van der Waals surface area contributed by atoms with E-state index >= 15 is 0 Å². The molecule has 1 heterocycles. The molecule has 1 saturated carbocycles. The van der Waals surface area contributed by atoms with E-state index in [9.17, 15) is 18.0 Å². The van der Waals surface area contributed by atoms with Crippen LogP contribution in [0.25, 0.3) is 0 Å². The van der Waals surface area contributed by atoms with Crippen LogP contribution in [0, 0.1) is 12.8 Å². The molecule has 1 aromatic rings. The highest BCUT2D eigenvalue weighted by Gasteiger charge is 2.38. The fourth-order valence-electron chi connectivity index (χ4n) is 1.85. The second-order valence-corrected chi connectivity index (χ2v) is 4.73. The highest BCUT2D eigenvalue weighted by molar-refractivity contribution is 5.77. The van der Waals surface area contributed by atoms with E-state index in [0.29, 0.717) is 5.82 Å². The predicted molar refractivity (Wildman–Crippen MR) is 61.0 cm³/mol. The van der Waals surface area contributed by atoms with Crippen molar-refractivity contribution >= 4 is 5.91 Å². The van der Waals surface area contributed by atoms with E-state index in [-0.39, 0.29) is 5.92 Å². The van der Waals surface area contributed by atoms with E-state index in [0.717, 1.165) is 18.5 Å². The molecule has 1 N–H and O–H groups in total. The molecule has 1 aliphatic rings. The summed E-state index contributed by atoms with van der Waals surface area (Å²) in [6.45, 7) is 1.77. The normalized spacial score (nSPS) is 17.1. The Morgan fingerprint density at radius 3 is 2.74 bits per heavy atom. The molecule has 1 amide bonds. The molecule has 7 heteroatoms. The predicted octanol–water partition coefficient (Wildman–Crippen LogP) is 2.30. The average molecular weight is 273 g/mol. The van der Waals surface area contributed by atoms with E-state index < -0.39 is 24.5 Å². The Bertz CT molecular complexity index is 472. The van der Waals surface area contributed by atoms with Crippen molar-refractivity contribution in [1.29, 1.82) is 0 Å². The molecule has 1 aromatic heterocycles. The van der Waals surface area contributed by atoms with E-state index in [1.807, 2.05) is 0 Å². The Hall–Kier alpha value is -1.66. The molecule has 1 fully saturated rings. The van der Waals surface area contributed by atoms with Crippen LogP contribution >= 0.6 is 0 Å². The maximum atomic E-state index is 12.1. The SMILES string of the molecule is Cc1ccnc([C@H](NC(=O)CC(F)(F)F)C2CC2)n1. The first-order chi connectivity index (χ1) is 8.85. The molecule has 1 aliphatic carbocycles. The van der Waals surface area contributed by atoms with Crippen molar-refractivity contribution in [2.75, 3.05) is 0 Å². The first-order valence-corrected chi connectivity index (χ1v) is 6.01. The first kappa shape index (κ1) is 13.8. The van der Waals surface area contributed by atoms with Gasteiger partial charge in [0.05, 0.1) is 6.04 Å². The van der Waals surface area contributed by atoms with Crippen LogP contribution in [0.1, 0.15) is 36.8 Å². The van der Waals surface area contributed by atoms with Gasteiger partial charge in [0.2, 0.25) is 5.91 Å². The van der Waals surface area contributed by atoms with Gasteiger partial charge in [0, 0.05) is 11.9 Å². The molecule has 4 nitrogen and oxygen atoms in total. The van der Waals surface area contributed by atoms with Crippen molar-refractivity contribution in [3.63, 3.8) is 0 Å². The lowest BCUT2D eigenvalue weighted by Gasteiger charge is -2.17. The fraction of sp³-hybridized carbons (Fsp3) is 0.583. The smallest absolute Gasteiger partial charge is 0.346 e. The lowest BCUT2D eigenvalue weighted by Crippen LogP contribution is -2.34. The van der Waals surface area contributed by atoms with E-state index in [1.165, 1.54) is 0 Å². The van der Waals surface area contributed by atoms with Gasteiger partial charge < -0.3 is 5.32 Å². The number of hydrogen-bond acceptors (Lipinski definition) is 3. The van der Waals surface area contributed by atoms with Gasteiger partial charge in [-0.25, -0.2) is 9.97 Å². The molecule has 0 saturated heterocycles. The zero-order valence-electron chi connectivity index (χ0n) is 10.4. The molecule has 2 rings (SSSR count). The number of carbonyl (C=O) groups is 1. The minimum atomic E-state index is -4.49. The third kappa shape index (κ3) is 4.18. The summed E-state index contributed by atoms with van der Waals surface area (Å²) in [6.07, 6.45) is -2.68. The Balaban J connectivity index is 2.07. The van der Waals surface area contributed by atoms with E-state index in [2.05, 4.69) is 15.3 Å². The summed E-state index contributed by atoms with van der Waals surface area (Å²) in [5.41, 5.74) is 0.723. The summed E-state index contributed by atoms with van der Waals surface area (Å²) < 4.78 is 36.4. The lowest BCUT2D eigenvalue weighted by molar-refractivity contribution is -0.154. The van der Waals surface area contributed by atoms with Crippen LogP contribution in [-0.2, 0) is 4.79 Å². The summed E-state index contributed by atoms with van der Waals surface area (Å²) in [5.74, 6) is -0.508. The summed E-state index contributed by atoms with van der Waals surface area (Å²) in [4.78, 5) is 19.6. The molecule has 1 atom stereocenters. The van der Waals surface area contributed by atoms with Gasteiger partial charge in [-0.2, -0.15) is 13.2 Å². The minimum Gasteiger partial charge on any atom is -0.346 e. The molecular formula is C12H14F3N3O. The standard InChI is InChI=1S/C12H14F3N3O/c1-7-4-5-16-11(17-7)10(8-2-3-8)18-9(19)6-12(13,14)15/h4-5,8,10H,2-3,6H2,1H3,(H,18,19)/t10-/m1/s1. The van der Waals surface area contributed by atoms with Gasteiger partial charge in [0.15, 0.2) is 5.82 Å². The molecular weight excluding hydrogens is 259 g/mol. The van der Waals surface area contributed by atoms with Gasteiger partial charge in [0.25, 0.3) is 0 Å². The number of nitrogens with zero attached hydrogens (tertiary/aromatic N) is 2. The number of aryl methyl sites for hydroxylation is 1. The van der Waals surface area contributed by atoms with Crippen molar-refractivity contribution in [2.24, 2.45) is 5.92 Å². The average Bonchev–Trinajstić information content (AvgIpc) is 3.07. The van der Waals surface area contributed by atoms with Crippen LogP contribution in [0.2, 0.25) is 0 Å². The summed E-state index contributed by atoms with van der Waals surface area (Å²) in [5, 5.41) is 2.40. The number of aromatic nitrogens is 2. The molecule has 0 aliphatic heterocycles. The van der Waals surface area contributed by atoms with Crippen LogP contribution in [0.3, 0.4) is 0 Å². The number of halogens is 3. The van der Waals surface area contributed by atoms with Crippen molar-refractivity contribution in [3.8, 4) is 0 Å². The fourth-order valence-corrected chi connectivity index (χ4v) is 1.85. The van der Waals surface area contributed by atoms with Crippen molar-refractivity contribution in [2.45, 2.75) is 38.4 Å². The number of amides is 1. The number of rotatable bonds is 4. The third-order valence-electron chi connectivity index (χ3n) is 2.86. The van der Waals surface area contributed by atoms with Crippen LogP contribution in [0.15, 0.2) is 12.3 Å². The molecule has 104 valence electrons. The van der Waals surface area contributed by atoms with Crippen LogP contribution < -0.4 is 5.32 Å². The topological polar surface area (TPSA) is 54.9 Å². The van der Waals surface area contributed by atoms with E-state index in [1.54, 1.807) is 19.2 Å². The van der Waals surface area contributed by atoms with Crippen LogP contribution in [0.4, 0.5) is 13.2 Å². The highest BCUT2D eigenvalue weighted by Crippen LogP contribution is 2.40. The van der Waals surface area contributed by atoms with Gasteiger partial charge in [-0.15, -0.1) is 0 Å². The van der Waals surface area contributed by atoms with Crippen molar-refractivity contribution in [1.82, 2.24) is 15.3 Å². The zero-order valence-corrected chi connectivity index (χ0v) is 10.4. The monoisotopic (exact) mass is 273 g/mol. The van der Waals surface area contributed by atoms with Crippen molar-refractivity contribution in [3.05, 3.63) is 23.8 Å². The van der Waals surface area contributed by atoms with Crippen LogP contribution in [0.5, 0.6) is 0 Å². The third-order valence-corrected chi connectivity index (χ3v) is 2.86. The Morgan fingerprint density at radius 1 is 1.53 bits per heavy atom. The molecule has 0 bridgehead atoms. The largest absolute Gasteiger partial charge is 0.397 e. The summed E-state index contributed by atoms with van der Waals surface area (Å²) in [7, 11) is 0. The number of carbonyl (C=O) groups excluding carboxylic acids is 1. The van der Waals surface area contributed by atoms with Gasteiger partial charge in [-0.05, 0) is 31.7 Å². The number of alkyl halides is 3. The second kappa shape index (κ2) is 5.14. The molecule has 0 unspecified atom stereocenters. The summed E-state index contributed by atoms with van der Waals surface area (Å²) >= 11 is 0. The lowest BCUT2D eigenvalue weighted by atomic mass is 10.1. The quantitative estimate of drug-likeness (QED) is 0.915. The minimum absolute atomic E-state index is 0.138. The molecule has 0 radical (unpaired) electrons. The highest BCUT2D eigenvalue weighted by atomic mass is 19.4. The van der Waals surface area contributed by atoms with E-state index in [4.69, 9.17) is 0 Å². The Labute approximate surface area is 108 Å². The number of hydrogen-bond donors (Lipinski definition) is 1. The Kier molecular flexibility index (Phi) is 3.73. The number of nitrogens with one attached hydrogen (secondary N) is 1. The van der Waals surface area contributed by atoms with Gasteiger partial charge >= 0.3 is 6.18 Å². The zero-order chi connectivity index (χ0) is 14.0. The Morgan fingerprint density at radius 2 is 2.21 bits per heavy atom. The van der Waals surface area contributed by atoms with Gasteiger partial charge in [0.1, 0.15) is 6.42 Å². The van der Waals surface area contributed by atoms with Crippen molar-refractivity contribution < 1.29 is 18.0 Å². The van der Waals surface area contributed by atoms with Gasteiger partial charge in [-0.3, -0.25) is 4.79 Å². The molecule has 19 heavy (non-hydrogen) atoms. The second-order valence-electron chi connectivity index (χ2n) is 4.73. The maximum Gasteiger partial charge on any atom is 0.397 e. The summed E-state index contributed by atoms with van der Waals surface area (Å²) in [6, 6.07) is 1.18. The maximum absolute atomic E-state index is 12.1. The van der Waals surface area contributed by atoms with Crippen LogP contribution in [-0.4, -0.2) is 22.1 Å².